The fourth-order valence-electron chi connectivity index (χ4n) is 1.22. The minimum Gasteiger partial charge on any atom is -0.394 e. The van der Waals surface area contributed by atoms with Gasteiger partial charge in [-0.25, -0.2) is 8.42 Å². The van der Waals surface area contributed by atoms with Gasteiger partial charge in [0, 0.05) is 11.5 Å². The molecule has 18 heavy (non-hydrogen) atoms. The van der Waals surface area contributed by atoms with Gasteiger partial charge in [-0.1, -0.05) is 11.6 Å². The van der Waals surface area contributed by atoms with Gasteiger partial charge in [-0.3, -0.25) is 0 Å². The fourth-order valence-corrected chi connectivity index (χ4v) is 3.24. The van der Waals surface area contributed by atoms with Crippen LogP contribution in [-0.2, 0) is 10.0 Å². The van der Waals surface area contributed by atoms with Gasteiger partial charge in [-0.05, 0) is 48.0 Å². The number of nitrogens with zero attached hydrogens (tertiary/aromatic N) is 1. The normalized spacial score (nSPS) is 13.1. The van der Waals surface area contributed by atoms with E-state index in [0.717, 1.165) is 4.31 Å². The first-order valence-electron chi connectivity index (χ1n) is 5.18. The quantitative estimate of drug-likeness (QED) is 0.902. The Morgan fingerprint density at radius 2 is 2.00 bits per heavy atom. The summed E-state index contributed by atoms with van der Waals surface area (Å²) in [5, 5.41) is 9.56. The maximum atomic E-state index is 12.3. The van der Waals surface area contributed by atoms with E-state index in [-0.39, 0.29) is 11.5 Å². The van der Waals surface area contributed by atoms with Crippen LogP contribution < -0.4 is 0 Å². The lowest BCUT2D eigenvalue weighted by Gasteiger charge is -2.32. The monoisotopic (exact) mass is 355 g/mol. The number of likely N-dealkylation sites (N-methyl/N-ethyl adjacent to an activating group) is 1. The molecule has 1 aromatic carbocycles. The second-order valence-corrected chi connectivity index (χ2v) is 7.75. The summed E-state index contributed by atoms with van der Waals surface area (Å²) >= 11 is 9.10. The molecule has 0 atom stereocenters. The number of rotatable bonds is 4. The fraction of sp³-hybridized carbons (Fsp3) is 0.455. The van der Waals surface area contributed by atoms with Crippen LogP contribution in [-0.4, -0.2) is 37.0 Å². The van der Waals surface area contributed by atoms with E-state index in [4.69, 9.17) is 11.6 Å². The van der Waals surface area contributed by atoms with Crippen molar-refractivity contribution in [3.63, 3.8) is 0 Å². The van der Waals surface area contributed by atoms with Crippen LogP contribution in [0.3, 0.4) is 0 Å². The van der Waals surface area contributed by atoms with Crippen molar-refractivity contribution in [3.8, 4) is 0 Å². The molecule has 0 bridgehead atoms. The SMILES string of the molecule is CN(C(C)(C)CO)S(=O)(=O)c1ccc(Br)c(Cl)c1. The molecule has 0 heterocycles. The van der Waals surface area contributed by atoms with Gasteiger partial charge in [0.1, 0.15) is 0 Å². The molecule has 4 nitrogen and oxygen atoms in total. The smallest absolute Gasteiger partial charge is 0.243 e. The summed E-state index contributed by atoms with van der Waals surface area (Å²) < 4.78 is 26.5. The highest BCUT2D eigenvalue weighted by Crippen LogP contribution is 2.28. The molecule has 0 aliphatic carbocycles. The van der Waals surface area contributed by atoms with Gasteiger partial charge in [0.15, 0.2) is 0 Å². The molecule has 1 aromatic rings. The molecule has 0 saturated carbocycles. The second kappa shape index (κ2) is 5.46. The number of benzene rings is 1. The topological polar surface area (TPSA) is 57.6 Å². The second-order valence-electron chi connectivity index (χ2n) is 4.52. The molecule has 0 aliphatic heterocycles. The number of hydrogen-bond acceptors (Lipinski definition) is 3. The van der Waals surface area contributed by atoms with Gasteiger partial charge in [0.05, 0.1) is 22.1 Å². The van der Waals surface area contributed by atoms with E-state index in [1.807, 2.05) is 0 Å². The van der Waals surface area contributed by atoms with Crippen LogP contribution in [0.2, 0.25) is 5.02 Å². The van der Waals surface area contributed by atoms with Crippen molar-refractivity contribution in [2.45, 2.75) is 24.3 Å². The van der Waals surface area contributed by atoms with Crippen LogP contribution in [0, 0.1) is 0 Å². The van der Waals surface area contributed by atoms with E-state index in [0.29, 0.717) is 9.50 Å². The zero-order valence-corrected chi connectivity index (χ0v) is 13.5. The van der Waals surface area contributed by atoms with E-state index in [9.17, 15) is 13.5 Å². The Morgan fingerprint density at radius 1 is 1.44 bits per heavy atom. The predicted molar refractivity (Wildman–Crippen MR) is 75.3 cm³/mol. The highest BCUT2D eigenvalue weighted by molar-refractivity contribution is 9.10. The number of halogens is 2. The Kier molecular flexibility index (Phi) is 4.83. The van der Waals surface area contributed by atoms with Gasteiger partial charge < -0.3 is 5.11 Å². The molecule has 0 aromatic heterocycles. The Labute approximate surface area is 121 Å². The van der Waals surface area contributed by atoms with Gasteiger partial charge in [-0.2, -0.15) is 4.31 Å². The number of sulfonamides is 1. The summed E-state index contributed by atoms with van der Waals surface area (Å²) in [5.41, 5.74) is -0.877. The van der Waals surface area contributed by atoms with Crippen molar-refractivity contribution < 1.29 is 13.5 Å². The first-order valence-corrected chi connectivity index (χ1v) is 7.79. The predicted octanol–water partition coefficient (Wildman–Crippen LogP) is 2.49. The van der Waals surface area contributed by atoms with Gasteiger partial charge in [0.25, 0.3) is 0 Å². The summed E-state index contributed by atoms with van der Waals surface area (Å²) in [6.45, 7) is 3.02. The average molecular weight is 357 g/mol. The van der Waals surface area contributed by atoms with Gasteiger partial charge in [0.2, 0.25) is 10.0 Å². The molecule has 0 radical (unpaired) electrons. The van der Waals surface area contributed by atoms with Crippen LogP contribution in [0.1, 0.15) is 13.8 Å². The van der Waals surface area contributed by atoms with Crippen molar-refractivity contribution in [3.05, 3.63) is 27.7 Å². The lowest BCUT2D eigenvalue weighted by Crippen LogP contribution is -2.47. The third-order valence-electron chi connectivity index (χ3n) is 2.79. The maximum absolute atomic E-state index is 12.3. The highest BCUT2D eigenvalue weighted by atomic mass is 79.9. The molecule has 7 heteroatoms. The summed E-state index contributed by atoms with van der Waals surface area (Å²) in [6.07, 6.45) is 0. The third kappa shape index (κ3) is 3.05. The number of aliphatic hydroxyl groups is 1. The molecule has 0 spiro atoms. The third-order valence-corrected chi connectivity index (χ3v) is 6.09. The molecule has 1 rings (SSSR count). The van der Waals surface area contributed by atoms with Crippen LogP contribution in [0.25, 0.3) is 0 Å². The lowest BCUT2D eigenvalue weighted by molar-refractivity contribution is 0.138. The Hall–Kier alpha value is -0.140. The summed E-state index contributed by atoms with van der Waals surface area (Å²) in [7, 11) is -2.25. The summed E-state index contributed by atoms with van der Waals surface area (Å²) in [4.78, 5) is 0.0970. The molecule has 0 unspecified atom stereocenters. The Morgan fingerprint density at radius 3 is 2.44 bits per heavy atom. The minimum absolute atomic E-state index is 0.0970. The van der Waals surface area contributed by atoms with Crippen molar-refractivity contribution in [2.75, 3.05) is 13.7 Å². The van der Waals surface area contributed by atoms with Crippen LogP contribution in [0.15, 0.2) is 27.6 Å². The van der Waals surface area contributed by atoms with Crippen LogP contribution >= 0.6 is 27.5 Å². The van der Waals surface area contributed by atoms with E-state index in [1.165, 1.54) is 19.2 Å². The Balaban J connectivity index is 3.26. The standard InChI is InChI=1S/C11H15BrClNO3S/c1-11(2,7-15)14(3)18(16,17)8-4-5-9(12)10(13)6-8/h4-6,15H,7H2,1-3H3. The number of hydrogen-bond donors (Lipinski definition) is 1. The van der Waals surface area contributed by atoms with Crippen molar-refractivity contribution in [2.24, 2.45) is 0 Å². The summed E-state index contributed by atoms with van der Waals surface area (Å²) in [6, 6.07) is 4.43. The molecule has 0 fully saturated rings. The van der Waals surface area contributed by atoms with E-state index in [1.54, 1.807) is 19.9 Å². The van der Waals surface area contributed by atoms with Crippen LogP contribution in [0.4, 0.5) is 0 Å². The number of aliphatic hydroxyl groups excluding tert-OH is 1. The average Bonchev–Trinajstić information content (AvgIpc) is 2.31. The maximum Gasteiger partial charge on any atom is 0.243 e. The van der Waals surface area contributed by atoms with Crippen LogP contribution in [0.5, 0.6) is 0 Å². The van der Waals surface area contributed by atoms with Gasteiger partial charge in [-0.15, -0.1) is 0 Å². The first kappa shape index (κ1) is 15.9. The van der Waals surface area contributed by atoms with Crippen molar-refractivity contribution in [1.29, 1.82) is 0 Å². The van der Waals surface area contributed by atoms with Gasteiger partial charge >= 0.3 is 0 Å². The van der Waals surface area contributed by atoms with Crippen molar-refractivity contribution in [1.82, 2.24) is 4.31 Å². The molecular formula is C11H15BrClNO3S. The van der Waals surface area contributed by atoms with E-state index in [2.05, 4.69) is 15.9 Å². The molecular weight excluding hydrogens is 342 g/mol. The Bertz CT molecular complexity index is 545. The molecule has 0 aliphatic rings. The van der Waals surface area contributed by atoms with E-state index >= 15 is 0 Å². The minimum atomic E-state index is -3.68. The van der Waals surface area contributed by atoms with E-state index < -0.39 is 15.6 Å². The molecule has 0 amide bonds. The molecule has 1 N–H and O–H groups in total. The largest absolute Gasteiger partial charge is 0.394 e. The first-order chi connectivity index (χ1) is 8.13. The zero-order valence-electron chi connectivity index (χ0n) is 10.3. The van der Waals surface area contributed by atoms with Crippen molar-refractivity contribution >= 4 is 37.6 Å². The molecule has 102 valence electrons. The lowest BCUT2D eigenvalue weighted by atomic mass is 10.1. The highest BCUT2D eigenvalue weighted by Gasteiger charge is 2.33. The molecule has 0 saturated heterocycles. The zero-order chi connectivity index (χ0) is 14.1. The summed E-state index contributed by atoms with van der Waals surface area (Å²) in [5.74, 6) is 0.